The molecule has 36 heavy (non-hydrogen) atoms. The molecule has 0 atom stereocenters. The topological polar surface area (TPSA) is 62.8 Å². The molecule has 0 aromatic carbocycles. The van der Waals surface area contributed by atoms with E-state index in [4.69, 9.17) is 9.94 Å². The molecule has 0 radical (unpaired) electrons. The van der Waals surface area contributed by atoms with E-state index in [9.17, 15) is 0 Å². The van der Waals surface area contributed by atoms with Crippen molar-refractivity contribution >= 4 is 6.21 Å². The Morgan fingerprint density at radius 2 is 1.61 bits per heavy atom. The minimum atomic E-state index is 0.882. The molecule has 1 saturated heterocycles. The zero-order valence-corrected chi connectivity index (χ0v) is 23.4. The van der Waals surface area contributed by atoms with E-state index in [1.807, 2.05) is 78.7 Å². The quantitative estimate of drug-likeness (QED) is 0.244. The van der Waals surface area contributed by atoms with Gasteiger partial charge >= 0.3 is 0 Å². The maximum atomic E-state index is 8.29. The molecule has 8 nitrogen and oxygen atoms in total. The molecule has 0 unspecified atom stereocenters. The van der Waals surface area contributed by atoms with Crippen molar-refractivity contribution in [1.82, 2.24) is 4.57 Å². The fraction of sp³-hybridized carbons (Fsp3) is 0.500. The Labute approximate surface area is 217 Å². The maximum Gasteiger partial charge on any atom is 0.243 e. The number of nitrogens with zero attached hydrogens (tertiary/aromatic N) is 5. The van der Waals surface area contributed by atoms with Crippen LogP contribution in [0.2, 0.25) is 0 Å². The zero-order chi connectivity index (χ0) is 26.8. The largest absolute Gasteiger partial charge is 0.411 e. The van der Waals surface area contributed by atoms with Crippen molar-refractivity contribution in [2.75, 3.05) is 32.8 Å². The van der Waals surface area contributed by atoms with Gasteiger partial charge in [0.1, 0.15) is 45.8 Å². The summed E-state index contributed by atoms with van der Waals surface area (Å²) in [7, 11) is 5.93. The predicted molar refractivity (Wildman–Crippen MR) is 142 cm³/mol. The minimum Gasteiger partial charge on any atom is -0.411 e. The van der Waals surface area contributed by atoms with Gasteiger partial charge in [-0.2, -0.15) is 0 Å². The first-order valence-corrected chi connectivity index (χ1v) is 12.8. The SMILES string of the molecule is CCC[NH+]1CCOCC1.CCn1cc[n+](C)c1.Cc1cc[n+](C)c(C=NO)c1.Cc1cc[n+](C)cc1. The van der Waals surface area contributed by atoms with E-state index in [0.29, 0.717) is 0 Å². The van der Waals surface area contributed by atoms with Gasteiger partial charge in [0.2, 0.25) is 12.0 Å². The van der Waals surface area contributed by atoms with Crippen LogP contribution in [0.25, 0.3) is 0 Å². The fourth-order valence-corrected chi connectivity index (χ4v) is 3.41. The Kier molecular flexibility index (Phi) is 15.6. The van der Waals surface area contributed by atoms with Crippen molar-refractivity contribution in [3.05, 3.63) is 78.4 Å². The first-order chi connectivity index (χ1) is 17.3. The fourth-order valence-electron chi connectivity index (χ4n) is 3.41. The standard InChI is InChI=1S/C8H10N2O.C7H15NO.C7H10N.C6H11N2/c1-7-3-4-10(2)8(5-7)6-9-11;1-2-3-8-4-6-9-7-5-8;1-7-3-5-8(2)6-4-7;1-3-8-5-4-7(2)6-8/h3-6H,1-2H3;2-7H2,1H3;3-6H,1-2H3;4-6H,3H2,1-2H3/q;;2*+1/p+2. The molecule has 0 bridgehead atoms. The maximum absolute atomic E-state index is 8.29. The second-order valence-corrected chi connectivity index (χ2v) is 9.05. The summed E-state index contributed by atoms with van der Waals surface area (Å²) in [5.41, 5.74) is 3.34. The van der Waals surface area contributed by atoms with E-state index >= 15 is 0 Å². The van der Waals surface area contributed by atoms with Gasteiger partial charge in [-0.3, -0.25) is 0 Å². The van der Waals surface area contributed by atoms with Gasteiger partial charge in [0.25, 0.3) is 0 Å². The van der Waals surface area contributed by atoms with Gasteiger partial charge in [0.05, 0.1) is 33.4 Å². The van der Waals surface area contributed by atoms with E-state index in [-0.39, 0.29) is 0 Å². The van der Waals surface area contributed by atoms with Crippen LogP contribution < -0.4 is 18.6 Å². The van der Waals surface area contributed by atoms with Crippen molar-refractivity contribution in [2.24, 2.45) is 26.3 Å². The van der Waals surface area contributed by atoms with Crippen LogP contribution in [-0.4, -0.2) is 48.8 Å². The molecular formula is C28H48N6O2+4. The van der Waals surface area contributed by atoms with Crippen molar-refractivity contribution in [3.63, 3.8) is 0 Å². The van der Waals surface area contributed by atoms with Crippen LogP contribution in [-0.2, 0) is 32.4 Å². The number of hydrogen-bond acceptors (Lipinski definition) is 3. The number of aromatic nitrogens is 4. The zero-order valence-electron chi connectivity index (χ0n) is 23.4. The summed E-state index contributed by atoms with van der Waals surface area (Å²) in [5, 5.41) is 11.3. The summed E-state index contributed by atoms with van der Waals surface area (Å²) in [6.45, 7) is 15.2. The highest BCUT2D eigenvalue weighted by Crippen LogP contribution is 1.94. The summed E-state index contributed by atoms with van der Waals surface area (Å²) >= 11 is 0. The lowest BCUT2D eigenvalue weighted by molar-refractivity contribution is -0.908. The highest BCUT2D eigenvalue weighted by Gasteiger charge is 2.11. The number of imidazole rings is 1. The molecule has 0 saturated carbocycles. The monoisotopic (exact) mass is 500 g/mol. The van der Waals surface area contributed by atoms with E-state index < -0.39 is 0 Å². The lowest BCUT2D eigenvalue weighted by Crippen LogP contribution is -3.14. The van der Waals surface area contributed by atoms with E-state index in [0.717, 1.165) is 31.0 Å². The molecule has 0 aliphatic carbocycles. The second kappa shape index (κ2) is 18.2. The number of rotatable bonds is 4. The molecule has 1 aliphatic heterocycles. The van der Waals surface area contributed by atoms with Crippen LogP contribution in [0, 0.1) is 13.8 Å². The minimum absolute atomic E-state index is 0.882. The van der Waals surface area contributed by atoms with Crippen LogP contribution in [0.15, 0.2) is 66.7 Å². The van der Waals surface area contributed by atoms with Crippen molar-refractivity contribution in [2.45, 2.75) is 40.7 Å². The lowest BCUT2D eigenvalue weighted by atomic mass is 10.2. The van der Waals surface area contributed by atoms with Crippen molar-refractivity contribution < 1.29 is 28.5 Å². The number of nitrogens with one attached hydrogen (secondary N) is 1. The van der Waals surface area contributed by atoms with Gasteiger partial charge in [0.15, 0.2) is 18.6 Å². The smallest absolute Gasteiger partial charge is 0.243 e. The number of aryl methyl sites for hydroxylation is 6. The van der Waals surface area contributed by atoms with E-state index in [1.54, 1.807) is 4.90 Å². The molecule has 4 rings (SSSR count). The number of hydrogen-bond donors (Lipinski definition) is 2. The normalized spacial score (nSPS) is 13.1. The predicted octanol–water partition coefficient (Wildman–Crippen LogP) is 1.09. The Hall–Kier alpha value is -3.10. The molecule has 4 heterocycles. The third kappa shape index (κ3) is 13.7. The molecule has 3 aromatic heterocycles. The summed E-state index contributed by atoms with van der Waals surface area (Å²) in [6, 6.07) is 8.11. The highest BCUT2D eigenvalue weighted by atomic mass is 16.5. The van der Waals surface area contributed by atoms with Gasteiger partial charge in [-0.15, -0.1) is 0 Å². The molecule has 0 amide bonds. The second-order valence-electron chi connectivity index (χ2n) is 9.05. The average molecular weight is 501 g/mol. The summed E-state index contributed by atoms with van der Waals surface area (Å²) < 4.78 is 13.3. The average Bonchev–Trinajstić information content (AvgIpc) is 3.31. The number of quaternary nitrogens is 1. The van der Waals surface area contributed by atoms with Crippen LogP contribution in [0.1, 0.15) is 37.1 Å². The Morgan fingerprint density at radius 1 is 0.972 bits per heavy atom. The highest BCUT2D eigenvalue weighted by molar-refractivity contribution is 5.74. The molecule has 8 heteroatoms. The number of oxime groups is 1. The molecule has 2 N–H and O–H groups in total. The van der Waals surface area contributed by atoms with Crippen molar-refractivity contribution in [3.8, 4) is 0 Å². The summed E-state index contributed by atoms with van der Waals surface area (Å²) in [6.07, 6.45) is 14.9. The van der Waals surface area contributed by atoms with Gasteiger partial charge in [-0.25, -0.2) is 18.3 Å². The van der Waals surface area contributed by atoms with Gasteiger partial charge in [-0.05, 0) is 38.3 Å². The Morgan fingerprint density at radius 3 is 2.08 bits per heavy atom. The third-order valence-corrected chi connectivity index (χ3v) is 5.67. The van der Waals surface area contributed by atoms with Crippen molar-refractivity contribution in [1.29, 1.82) is 0 Å². The first-order valence-electron chi connectivity index (χ1n) is 12.8. The summed E-state index contributed by atoms with van der Waals surface area (Å²) in [4.78, 5) is 1.71. The van der Waals surface area contributed by atoms with Crippen LogP contribution in [0.3, 0.4) is 0 Å². The lowest BCUT2D eigenvalue weighted by Gasteiger charge is -2.22. The summed E-state index contributed by atoms with van der Waals surface area (Å²) in [5.74, 6) is 0. The third-order valence-electron chi connectivity index (χ3n) is 5.67. The number of ether oxygens (including phenoxy) is 1. The van der Waals surface area contributed by atoms with Crippen LogP contribution in [0.5, 0.6) is 0 Å². The van der Waals surface area contributed by atoms with Crippen LogP contribution in [0.4, 0.5) is 0 Å². The Bertz CT molecular complexity index is 972. The molecule has 0 spiro atoms. The van der Waals surface area contributed by atoms with E-state index in [2.05, 4.69) is 55.2 Å². The molecule has 1 aliphatic rings. The number of morpholine rings is 1. The van der Waals surface area contributed by atoms with Crippen LogP contribution >= 0.6 is 0 Å². The number of pyridine rings is 2. The van der Waals surface area contributed by atoms with E-state index in [1.165, 1.54) is 37.8 Å². The van der Waals surface area contributed by atoms with Gasteiger partial charge in [0, 0.05) is 24.3 Å². The van der Waals surface area contributed by atoms with Gasteiger partial charge in [-0.1, -0.05) is 12.1 Å². The first kappa shape index (κ1) is 30.9. The molecular weight excluding hydrogens is 452 g/mol. The van der Waals surface area contributed by atoms with Gasteiger partial charge < -0.3 is 14.8 Å². The molecule has 3 aromatic rings. The molecule has 1 fully saturated rings. The Balaban J connectivity index is 0.000000242. The molecule has 198 valence electrons.